The lowest BCUT2D eigenvalue weighted by Gasteiger charge is -2.01. The number of hydrogen-bond acceptors (Lipinski definition) is 5. The monoisotopic (exact) mass is 320 g/mol. The maximum Gasteiger partial charge on any atom is 0.186 e. The molecule has 0 aliphatic carbocycles. The van der Waals surface area contributed by atoms with Crippen LogP contribution in [0.1, 0.15) is 16.5 Å². The molecule has 2 heterocycles. The first-order chi connectivity index (χ1) is 9.65. The Morgan fingerprint density at radius 2 is 2.05 bits per heavy atom. The van der Waals surface area contributed by atoms with Gasteiger partial charge in [0, 0.05) is 16.6 Å². The summed E-state index contributed by atoms with van der Waals surface area (Å²) in [7, 11) is 0. The van der Waals surface area contributed by atoms with Gasteiger partial charge in [-0.1, -0.05) is 35.5 Å². The van der Waals surface area contributed by atoms with Gasteiger partial charge in [-0.25, -0.2) is 4.98 Å². The molecule has 1 aliphatic rings. The third kappa shape index (κ3) is 2.57. The second-order valence-electron chi connectivity index (χ2n) is 4.19. The van der Waals surface area contributed by atoms with Crippen LogP contribution in [-0.4, -0.2) is 15.8 Å². The molecule has 100 valence electrons. The number of ketones is 1. The van der Waals surface area contributed by atoms with Gasteiger partial charge < -0.3 is 0 Å². The molecule has 1 saturated heterocycles. The summed E-state index contributed by atoms with van der Waals surface area (Å²) in [6, 6.07) is 7.26. The van der Waals surface area contributed by atoms with E-state index in [9.17, 15) is 4.79 Å². The first kappa shape index (κ1) is 13.5. The van der Waals surface area contributed by atoms with Crippen molar-refractivity contribution in [2.45, 2.75) is 5.92 Å². The summed E-state index contributed by atoms with van der Waals surface area (Å²) in [4.78, 5) is 17.1. The molecule has 0 spiro atoms. The van der Waals surface area contributed by atoms with Crippen LogP contribution in [0, 0.1) is 5.41 Å². The fraction of sp³-hybridized carbons (Fsp3) is 0.0714. The smallest absolute Gasteiger partial charge is 0.186 e. The zero-order valence-electron chi connectivity index (χ0n) is 10.2. The zero-order valence-corrected chi connectivity index (χ0v) is 12.6. The highest BCUT2D eigenvalue weighted by Gasteiger charge is 2.38. The Morgan fingerprint density at radius 3 is 2.70 bits per heavy atom. The minimum absolute atomic E-state index is 0.0510. The summed E-state index contributed by atoms with van der Waals surface area (Å²) in [6.07, 6.45) is 3.46. The molecule has 0 amide bonds. The molecule has 3 nitrogen and oxygen atoms in total. The summed E-state index contributed by atoms with van der Waals surface area (Å²) in [5.74, 6) is -0.580. The van der Waals surface area contributed by atoms with E-state index in [1.165, 1.54) is 23.1 Å². The van der Waals surface area contributed by atoms with Gasteiger partial charge in [-0.05, 0) is 23.8 Å². The fourth-order valence-corrected chi connectivity index (χ4v) is 3.83. The highest BCUT2D eigenvalue weighted by atomic mass is 35.5. The van der Waals surface area contributed by atoms with Gasteiger partial charge in [0.15, 0.2) is 5.78 Å². The number of benzene rings is 1. The molecule has 20 heavy (non-hydrogen) atoms. The SMILES string of the molecule is N=C1SC(=Cc2ccc(Cl)cc2)C(=O)C1c1nccs1. The molecule has 0 bridgehead atoms. The number of halogens is 1. The van der Waals surface area contributed by atoms with Crippen LogP contribution < -0.4 is 0 Å². The second kappa shape index (κ2) is 5.52. The lowest BCUT2D eigenvalue weighted by Crippen LogP contribution is -2.11. The number of rotatable bonds is 2. The van der Waals surface area contributed by atoms with Crippen molar-refractivity contribution in [3.05, 3.63) is 56.3 Å². The predicted molar refractivity (Wildman–Crippen MR) is 84.6 cm³/mol. The summed E-state index contributed by atoms with van der Waals surface area (Å²) in [5, 5.41) is 11.5. The number of carbonyl (C=O) groups excluding carboxylic acids is 1. The molecule has 0 radical (unpaired) electrons. The van der Waals surface area contributed by atoms with Crippen LogP contribution in [-0.2, 0) is 4.79 Å². The Hall–Kier alpha value is -1.43. The minimum Gasteiger partial charge on any atom is -0.297 e. The van der Waals surface area contributed by atoms with Crippen LogP contribution in [0.3, 0.4) is 0 Å². The van der Waals surface area contributed by atoms with Gasteiger partial charge >= 0.3 is 0 Å². The number of Topliss-reactive ketones (excluding diaryl/α,β-unsaturated/α-hetero) is 1. The van der Waals surface area contributed by atoms with Gasteiger partial charge in [-0.15, -0.1) is 11.3 Å². The van der Waals surface area contributed by atoms with E-state index in [-0.39, 0.29) is 5.78 Å². The van der Waals surface area contributed by atoms with E-state index in [0.717, 1.165) is 5.56 Å². The van der Waals surface area contributed by atoms with Gasteiger partial charge in [0.05, 0.1) is 9.95 Å². The van der Waals surface area contributed by atoms with Gasteiger partial charge in [0.2, 0.25) is 0 Å². The normalized spacial score (nSPS) is 20.9. The van der Waals surface area contributed by atoms with Crippen LogP contribution in [0.2, 0.25) is 5.02 Å². The van der Waals surface area contributed by atoms with Crippen molar-refractivity contribution in [3.63, 3.8) is 0 Å². The molecule has 2 aromatic rings. The zero-order chi connectivity index (χ0) is 14.1. The molecule has 1 aromatic carbocycles. The van der Waals surface area contributed by atoms with Crippen LogP contribution in [0.5, 0.6) is 0 Å². The molecule has 1 aromatic heterocycles. The molecule has 1 unspecified atom stereocenters. The molecule has 1 aliphatic heterocycles. The standard InChI is InChI=1S/C14H9ClN2OS2/c15-9-3-1-8(2-4-9)7-10-12(18)11(13(16)20-10)14-17-5-6-19-14/h1-7,11,16H. The highest BCUT2D eigenvalue weighted by molar-refractivity contribution is 8.19. The first-order valence-corrected chi connectivity index (χ1v) is 7.90. The molecule has 1 N–H and O–H groups in total. The van der Waals surface area contributed by atoms with Crippen molar-refractivity contribution in [2.75, 3.05) is 0 Å². The molecular formula is C14H9ClN2OS2. The van der Waals surface area contributed by atoms with Crippen LogP contribution in [0.4, 0.5) is 0 Å². The van der Waals surface area contributed by atoms with E-state index in [1.807, 2.05) is 17.5 Å². The first-order valence-electron chi connectivity index (χ1n) is 5.82. The lowest BCUT2D eigenvalue weighted by atomic mass is 10.1. The molecule has 0 saturated carbocycles. The molecule has 1 fully saturated rings. The van der Waals surface area contributed by atoms with E-state index in [0.29, 0.717) is 20.0 Å². The summed E-state index contributed by atoms with van der Waals surface area (Å²) < 4.78 is 0. The summed E-state index contributed by atoms with van der Waals surface area (Å²) >= 11 is 8.45. The molecule has 3 rings (SSSR count). The van der Waals surface area contributed by atoms with Gasteiger partial charge in [0.25, 0.3) is 0 Å². The Bertz CT molecular complexity index is 692. The average molecular weight is 321 g/mol. The third-order valence-electron chi connectivity index (χ3n) is 2.85. The fourth-order valence-electron chi connectivity index (χ4n) is 1.90. The van der Waals surface area contributed by atoms with Crippen molar-refractivity contribution in [1.29, 1.82) is 5.41 Å². The third-order valence-corrected chi connectivity index (χ3v) is 4.94. The van der Waals surface area contributed by atoms with Crippen LogP contribution in [0.15, 0.2) is 40.7 Å². The minimum atomic E-state index is -0.529. The molecule has 6 heteroatoms. The quantitative estimate of drug-likeness (QED) is 0.843. The van der Waals surface area contributed by atoms with E-state index in [4.69, 9.17) is 17.0 Å². The van der Waals surface area contributed by atoms with Crippen LogP contribution >= 0.6 is 34.7 Å². The van der Waals surface area contributed by atoms with Crippen molar-refractivity contribution in [2.24, 2.45) is 0 Å². The van der Waals surface area contributed by atoms with Crippen LogP contribution in [0.25, 0.3) is 6.08 Å². The number of thioether (sulfide) groups is 1. The number of thiazole rings is 1. The van der Waals surface area contributed by atoms with E-state index in [2.05, 4.69) is 4.98 Å². The molecule has 1 atom stereocenters. The number of nitrogens with one attached hydrogen (secondary N) is 1. The van der Waals surface area contributed by atoms with E-state index >= 15 is 0 Å². The van der Waals surface area contributed by atoms with Gasteiger partial charge in [-0.2, -0.15) is 0 Å². The maximum atomic E-state index is 12.4. The van der Waals surface area contributed by atoms with Crippen molar-refractivity contribution in [1.82, 2.24) is 4.98 Å². The second-order valence-corrected chi connectivity index (χ2v) is 6.64. The summed E-state index contributed by atoms with van der Waals surface area (Å²) in [6.45, 7) is 0. The number of hydrogen-bond donors (Lipinski definition) is 1. The van der Waals surface area contributed by atoms with Gasteiger partial charge in [0.1, 0.15) is 10.9 Å². The van der Waals surface area contributed by atoms with Crippen molar-refractivity contribution in [3.8, 4) is 0 Å². The van der Waals surface area contributed by atoms with Crippen molar-refractivity contribution >= 4 is 51.6 Å². The van der Waals surface area contributed by atoms with Gasteiger partial charge in [-0.3, -0.25) is 10.2 Å². The van der Waals surface area contributed by atoms with E-state index < -0.39 is 5.92 Å². The Kier molecular flexibility index (Phi) is 3.74. The Morgan fingerprint density at radius 1 is 1.30 bits per heavy atom. The topological polar surface area (TPSA) is 53.8 Å². The number of aromatic nitrogens is 1. The number of carbonyl (C=O) groups is 1. The lowest BCUT2D eigenvalue weighted by molar-refractivity contribution is -0.114. The Labute approximate surface area is 129 Å². The van der Waals surface area contributed by atoms with Crippen molar-refractivity contribution < 1.29 is 4.79 Å². The predicted octanol–water partition coefficient (Wildman–Crippen LogP) is 4.21. The molecular weight excluding hydrogens is 312 g/mol. The van der Waals surface area contributed by atoms with E-state index in [1.54, 1.807) is 24.4 Å². The number of allylic oxidation sites excluding steroid dienone is 1. The number of nitrogens with zero attached hydrogens (tertiary/aromatic N) is 1. The largest absolute Gasteiger partial charge is 0.297 e. The Balaban J connectivity index is 1.91. The highest BCUT2D eigenvalue weighted by Crippen LogP contribution is 2.41. The summed E-state index contributed by atoms with van der Waals surface area (Å²) in [5.41, 5.74) is 0.901. The maximum absolute atomic E-state index is 12.4. The average Bonchev–Trinajstić information content (AvgIpc) is 3.02.